The predicted octanol–water partition coefficient (Wildman–Crippen LogP) is 2.11. The van der Waals surface area contributed by atoms with E-state index in [1.165, 1.54) is 0 Å². The van der Waals surface area contributed by atoms with Crippen molar-refractivity contribution in [1.82, 2.24) is 0 Å². The van der Waals surface area contributed by atoms with Gasteiger partial charge < -0.3 is 15.8 Å². The SMILES string of the molecule is Cc1cccc(NC(=O)COc2ccc(C(N)=O)cc2)c1. The summed E-state index contributed by atoms with van der Waals surface area (Å²) in [5, 5.41) is 2.74. The van der Waals surface area contributed by atoms with Crippen LogP contribution in [0.25, 0.3) is 0 Å². The summed E-state index contributed by atoms with van der Waals surface area (Å²) in [6.07, 6.45) is 0. The van der Waals surface area contributed by atoms with Crippen molar-refractivity contribution in [3.63, 3.8) is 0 Å². The molecule has 0 saturated carbocycles. The molecular formula is C16H16N2O3. The molecule has 0 aliphatic carbocycles. The number of nitrogens with two attached hydrogens (primary N) is 1. The van der Waals surface area contributed by atoms with Crippen LogP contribution in [0.4, 0.5) is 5.69 Å². The van der Waals surface area contributed by atoms with Crippen molar-refractivity contribution in [1.29, 1.82) is 0 Å². The second kappa shape index (κ2) is 6.56. The van der Waals surface area contributed by atoms with E-state index < -0.39 is 5.91 Å². The van der Waals surface area contributed by atoms with E-state index in [2.05, 4.69) is 5.32 Å². The highest BCUT2D eigenvalue weighted by molar-refractivity contribution is 5.93. The molecule has 108 valence electrons. The van der Waals surface area contributed by atoms with Crippen LogP contribution in [0.3, 0.4) is 0 Å². The Labute approximate surface area is 122 Å². The summed E-state index contributed by atoms with van der Waals surface area (Å²) in [4.78, 5) is 22.7. The van der Waals surface area contributed by atoms with Crippen molar-refractivity contribution in [3.8, 4) is 5.75 Å². The zero-order valence-corrected chi connectivity index (χ0v) is 11.6. The first-order valence-electron chi connectivity index (χ1n) is 6.44. The monoisotopic (exact) mass is 284 g/mol. The molecule has 2 rings (SSSR count). The fourth-order valence-corrected chi connectivity index (χ4v) is 1.78. The van der Waals surface area contributed by atoms with Gasteiger partial charge in [0.2, 0.25) is 5.91 Å². The Kier molecular flexibility index (Phi) is 4.56. The predicted molar refractivity (Wildman–Crippen MR) is 80.3 cm³/mol. The first-order valence-corrected chi connectivity index (χ1v) is 6.44. The van der Waals surface area contributed by atoms with Gasteiger partial charge in [0.25, 0.3) is 5.91 Å². The molecule has 3 N–H and O–H groups in total. The van der Waals surface area contributed by atoms with Crippen LogP contribution in [0.2, 0.25) is 0 Å². The van der Waals surface area contributed by atoms with Gasteiger partial charge in [-0.15, -0.1) is 0 Å². The third-order valence-electron chi connectivity index (χ3n) is 2.81. The fraction of sp³-hybridized carbons (Fsp3) is 0.125. The third-order valence-corrected chi connectivity index (χ3v) is 2.81. The maximum absolute atomic E-state index is 11.8. The zero-order valence-electron chi connectivity index (χ0n) is 11.6. The lowest BCUT2D eigenvalue weighted by Crippen LogP contribution is -2.20. The van der Waals surface area contributed by atoms with E-state index in [4.69, 9.17) is 10.5 Å². The number of hydrogen-bond donors (Lipinski definition) is 2. The molecule has 5 nitrogen and oxygen atoms in total. The maximum Gasteiger partial charge on any atom is 0.262 e. The Balaban J connectivity index is 1.87. The molecule has 2 amide bonds. The van der Waals surface area contributed by atoms with Gasteiger partial charge in [-0.2, -0.15) is 0 Å². The lowest BCUT2D eigenvalue weighted by Gasteiger charge is -2.08. The van der Waals surface area contributed by atoms with Crippen LogP contribution in [0, 0.1) is 6.92 Å². The lowest BCUT2D eigenvalue weighted by atomic mass is 10.2. The first-order chi connectivity index (χ1) is 10.0. The Morgan fingerprint density at radius 2 is 1.86 bits per heavy atom. The second-order valence-corrected chi connectivity index (χ2v) is 4.59. The zero-order chi connectivity index (χ0) is 15.2. The highest BCUT2D eigenvalue weighted by Gasteiger charge is 2.05. The number of carbonyl (C=O) groups excluding carboxylic acids is 2. The first kappa shape index (κ1) is 14.6. The van der Waals surface area contributed by atoms with E-state index in [9.17, 15) is 9.59 Å². The van der Waals surface area contributed by atoms with E-state index in [0.29, 0.717) is 11.3 Å². The summed E-state index contributed by atoms with van der Waals surface area (Å²) in [6.45, 7) is 1.84. The van der Waals surface area contributed by atoms with Crippen LogP contribution in [0.1, 0.15) is 15.9 Å². The fourth-order valence-electron chi connectivity index (χ4n) is 1.78. The van der Waals surface area contributed by atoms with Gasteiger partial charge in [0.15, 0.2) is 6.61 Å². The molecule has 0 saturated heterocycles. The van der Waals surface area contributed by atoms with Crippen molar-refractivity contribution in [2.45, 2.75) is 6.92 Å². The number of hydrogen-bond acceptors (Lipinski definition) is 3. The summed E-state index contributed by atoms with van der Waals surface area (Å²) >= 11 is 0. The van der Waals surface area contributed by atoms with Crippen LogP contribution < -0.4 is 15.8 Å². The molecular weight excluding hydrogens is 268 g/mol. The van der Waals surface area contributed by atoms with Crippen LogP contribution in [-0.4, -0.2) is 18.4 Å². The summed E-state index contributed by atoms with van der Waals surface area (Å²) in [7, 11) is 0. The van der Waals surface area contributed by atoms with Gasteiger partial charge in [-0.25, -0.2) is 0 Å². The van der Waals surface area contributed by atoms with Gasteiger partial charge in [-0.3, -0.25) is 9.59 Å². The summed E-state index contributed by atoms with van der Waals surface area (Å²) in [5.74, 6) is -0.252. The number of anilines is 1. The van der Waals surface area contributed by atoms with E-state index in [0.717, 1.165) is 11.3 Å². The van der Waals surface area contributed by atoms with Gasteiger partial charge >= 0.3 is 0 Å². The number of aryl methyl sites for hydroxylation is 1. The molecule has 0 atom stereocenters. The average molecular weight is 284 g/mol. The van der Waals surface area contributed by atoms with Crippen LogP contribution in [0.5, 0.6) is 5.75 Å². The van der Waals surface area contributed by atoms with Crippen molar-refractivity contribution in [2.75, 3.05) is 11.9 Å². The number of ether oxygens (including phenoxy) is 1. The normalized spacial score (nSPS) is 9.95. The molecule has 0 aromatic heterocycles. The van der Waals surface area contributed by atoms with Gasteiger partial charge in [0, 0.05) is 11.3 Å². The molecule has 0 heterocycles. The van der Waals surface area contributed by atoms with Crippen molar-refractivity contribution in [3.05, 3.63) is 59.7 Å². The highest BCUT2D eigenvalue weighted by Crippen LogP contribution is 2.13. The molecule has 5 heteroatoms. The van der Waals surface area contributed by atoms with E-state index in [1.807, 2.05) is 31.2 Å². The Bertz CT molecular complexity index is 651. The minimum Gasteiger partial charge on any atom is -0.484 e. The maximum atomic E-state index is 11.8. The van der Waals surface area contributed by atoms with Crippen LogP contribution in [0.15, 0.2) is 48.5 Å². The molecule has 21 heavy (non-hydrogen) atoms. The number of primary amides is 1. The molecule has 0 fully saturated rings. The number of carbonyl (C=O) groups is 2. The van der Waals surface area contributed by atoms with Crippen molar-refractivity contribution in [2.24, 2.45) is 5.73 Å². The minimum atomic E-state index is -0.501. The van der Waals surface area contributed by atoms with Gasteiger partial charge in [0.1, 0.15) is 5.75 Å². The Morgan fingerprint density at radius 3 is 2.48 bits per heavy atom. The van der Waals surface area contributed by atoms with Gasteiger partial charge in [-0.1, -0.05) is 12.1 Å². The van der Waals surface area contributed by atoms with Crippen molar-refractivity contribution < 1.29 is 14.3 Å². The summed E-state index contributed by atoms with van der Waals surface area (Å²) in [5.41, 5.74) is 7.33. The largest absolute Gasteiger partial charge is 0.484 e. The Hall–Kier alpha value is -2.82. The molecule has 0 aliphatic rings. The molecule has 2 aromatic rings. The standard InChI is InChI=1S/C16H16N2O3/c1-11-3-2-4-13(9-11)18-15(19)10-21-14-7-5-12(6-8-14)16(17)20/h2-9H,10H2,1H3,(H2,17,20)(H,18,19). The summed E-state index contributed by atoms with van der Waals surface area (Å²) in [6, 6.07) is 13.8. The Morgan fingerprint density at radius 1 is 1.14 bits per heavy atom. The molecule has 0 unspecified atom stereocenters. The highest BCUT2D eigenvalue weighted by atomic mass is 16.5. The van der Waals surface area contributed by atoms with E-state index >= 15 is 0 Å². The molecule has 0 bridgehead atoms. The lowest BCUT2D eigenvalue weighted by molar-refractivity contribution is -0.118. The van der Waals surface area contributed by atoms with Crippen molar-refractivity contribution >= 4 is 17.5 Å². The van der Waals surface area contributed by atoms with Gasteiger partial charge in [0.05, 0.1) is 0 Å². The van der Waals surface area contributed by atoms with Crippen LogP contribution >= 0.6 is 0 Å². The second-order valence-electron chi connectivity index (χ2n) is 4.59. The van der Waals surface area contributed by atoms with Crippen LogP contribution in [-0.2, 0) is 4.79 Å². The molecule has 0 spiro atoms. The molecule has 0 aliphatic heterocycles. The van der Waals surface area contributed by atoms with E-state index in [-0.39, 0.29) is 12.5 Å². The quantitative estimate of drug-likeness (QED) is 0.882. The summed E-state index contributed by atoms with van der Waals surface area (Å²) < 4.78 is 5.34. The smallest absolute Gasteiger partial charge is 0.262 e. The van der Waals surface area contributed by atoms with E-state index in [1.54, 1.807) is 24.3 Å². The number of nitrogens with one attached hydrogen (secondary N) is 1. The van der Waals surface area contributed by atoms with Gasteiger partial charge in [-0.05, 0) is 48.9 Å². The number of benzene rings is 2. The third kappa shape index (κ3) is 4.35. The molecule has 0 radical (unpaired) electrons. The number of rotatable bonds is 5. The molecule has 2 aromatic carbocycles. The average Bonchev–Trinajstić information content (AvgIpc) is 2.45. The topological polar surface area (TPSA) is 81.4 Å². The minimum absolute atomic E-state index is 0.107. The number of amides is 2.